The molecular formula is C23H30ClN3O2. The summed E-state index contributed by atoms with van der Waals surface area (Å²) in [4.78, 5) is 4.84. The van der Waals surface area contributed by atoms with E-state index < -0.39 is 0 Å². The molecule has 5 nitrogen and oxygen atoms in total. The highest BCUT2D eigenvalue weighted by Gasteiger charge is 2.21. The Morgan fingerprint density at radius 3 is 2.41 bits per heavy atom. The molecule has 29 heavy (non-hydrogen) atoms. The van der Waals surface area contributed by atoms with Crippen molar-refractivity contribution in [3.63, 3.8) is 0 Å². The molecule has 2 aliphatic heterocycles. The minimum absolute atomic E-state index is 0.512. The van der Waals surface area contributed by atoms with E-state index >= 15 is 0 Å². The third-order valence-electron chi connectivity index (χ3n) is 5.95. The second kappa shape index (κ2) is 9.70. The topological polar surface area (TPSA) is 37.0 Å². The molecule has 0 unspecified atom stereocenters. The lowest BCUT2D eigenvalue weighted by molar-refractivity contribution is 0.122. The molecule has 0 bridgehead atoms. The molecule has 2 aromatic rings. The molecule has 2 aliphatic rings. The fraction of sp³-hybridized carbons (Fsp3) is 0.478. The van der Waals surface area contributed by atoms with E-state index in [4.69, 9.17) is 21.1 Å². The van der Waals surface area contributed by atoms with Crippen LogP contribution in [0.5, 0.6) is 5.75 Å². The zero-order valence-corrected chi connectivity index (χ0v) is 17.8. The van der Waals surface area contributed by atoms with Crippen molar-refractivity contribution in [2.45, 2.75) is 25.4 Å². The maximum atomic E-state index is 6.58. The van der Waals surface area contributed by atoms with E-state index in [1.54, 1.807) is 7.11 Å². The van der Waals surface area contributed by atoms with Gasteiger partial charge < -0.3 is 24.6 Å². The van der Waals surface area contributed by atoms with Crippen LogP contribution in [-0.2, 0) is 11.3 Å². The average molecular weight is 416 g/mol. The van der Waals surface area contributed by atoms with Gasteiger partial charge in [0.15, 0.2) is 0 Å². The molecule has 2 aromatic carbocycles. The van der Waals surface area contributed by atoms with Gasteiger partial charge in [-0.15, -0.1) is 0 Å². The van der Waals surface area contributed by atoms with Crippen molar-refractivity contribution in [2.24, 2.45) is 0 Å². The third-order valence-corrected chi connectivity index (χ3v) is 6.30. The summed E-state index contributed by atoms with van der Waals surface area (Å²) in [6.45, 7) is 6.33. The van der Waals surface area contributed by atoms with Gasteiger partial charge in [-0.05, 0) is 49.2 Å². The highest BCUT2D eigenvalue weighted by Crippen LogP contribution is 2.29. The lowest BCUT2D eigenvalue weighted by Gasteiger charge is -2.35. The normalized spacial score (nSPS) is 18.1. The lowest BCUT2D eigenvalue weighted by Crippen LogP contribution is -2.42. The summed E-state index contributed by atoms with van der Waals surface area (Å²) >= 11 is 6.58. The number of methoxy groups -OCH3 is 1. The van der Waals surface area contributed by atoms with Crippen LogP contribution in [0.1, 0.15) is 18.4 Å². The van der Waals surface area contributed by atoms with Gasteiger partial charge in [0.25, 0.3) is 0 Å². The minimum atomic E-state index is 0.512. The molecule has 1 N–H and O–H groups in total. The molecular weight excluding hydrogens is 386 g/mol. The van der Waals surface area contributed by atoms with E-state index in [1.165, 1.54) is 16.9 Å². The van der Waals surface area contributed by atoms with Crippen LogP contribution in [0.15, 0.2) is 42.5 Å². The molecule has 4 rings (SSSR count). The standard InChI is InChI=1S/C23H30ClN3O2/c1-28-20-7-5-19(6-8-20)26-11-9-18(10-12-26)25-17-21-22(24)3-2-4-23(21)27-13-15-29-16-14-27/h2-8,18,25H,9-17H2,1H3. The van der Waals surface area contributed by atoms with Crippen LogP contribution < -0.4 is 19.9 Å². The Morgan fingerprint density at radius 1 is 1.00 bits per heavy atom. The quantitative estimate of drug-likeness (QED) is 0.773. The molecule has 0 atom stereocenters. The highest BCUT2D eigenvalue weighted by atomic mass is 35.5. The Kier molecular flexibility index (Phi) is 6.80. The molecule has 2 saturated heterocycles. The van der Waals surface area contributed by atoms with Gasteiger partial charge in [0, 0.05) is 60.7 Å². The smallest absolute Gasteiger partial charge is 0.119 e. The van der Waals surface area contributed by atoms with E-state index in [1.807, 2.05) is 24.3 Å². The van der Waals surface area contributed by atoms with Crippen molar-refractivity contribution in [1.82, 2.24) is 5.32 Å². The monoisotopic (exact) mass is 415 g/mol. The molecule has 6 heteroatoms. The number of hydrogen-bond donors (Lipinski definition) is 1. The van der Waals surface area contributed by atoms with Gasteiger partial charge in [-0.1, -0.05) is 17.7 Å². The molecule has 2 heterocycles. The van der Waals surface area contributed by atoms with Crippen LogP contribution >= 0.6 is 11.6 Å². The van der Waals surface area contributed by atoms with E-state index in [-0.39, 0.29) is 0 Å². The second-order valence-corrected chi connectivity index (χ2v) is 8.08. The first-order valence-electron chi connectivity index (χ1n) is 10.5. The predicted octanol–water partition coefficient (Wildman–Crippen LogP) is 3.94. The van der Waals surface area contributed by atoms with E-state index in [0.29, 0.717) is 6.04 Å². The molecule has 0 radical (unpaired) electrons. The Hall–Kier alpha value is -1.95. The second-order valence-electron chi connectivity index (χ2n) is 7.68. The summed E-state index contributed by atoms with van der Waals surface area (Å²) in [7, 11) is 1.70. The predicted molar refractivity (Wildman–Crippen MR) is 120 cm³/mol. The van der Waals surface area contributed by atoms with Gasteiger partial charge in [0.2, 0.25) is 0 Å². The molecule has 0 aromatic heterocycles. The molecule has 0 aliphatic carbocycles. The van der Waals surface area contributed by atoms with Crippen molar-refractivity contribution in [3.05, 3.63) is 53.1 Å². The minimum Gasteiger partial charge on any atom is -0.497 e. The van der Waals surface area contributed by atoms with Crippen molar-refractivity contribution in [1.29, 1.82) is 0 Å². The largest absolute Gasteiger partial charge is 0.497 e. The number of benzene rings is 2. The number of nitrogens with one attached hydrogen (secondary N) is 1. The van der Waals surface area contributed by atoms with Gasteiger partial charge in [-0.25, -0.2) is 0 Å². The number of ether oxygens (including phenoxy) is 2. The first-order chi connectivity index (χ1) is 14.2. The number of morpholine rings is 1. The number of rotatable bonds is 6. The summed E-state index contributed by atoms with van der Waals surface area (Å²) in [6, 6.07) is 15.1. The summed E-state index contributed by atoms with van der Waals surface area (Å²) in [5.41, 5.74) is 3.71. The Labute approximate surface area is 178 Å². The third kappa shape index (κ3) is 4.97. The van der Waals surface area contributed by atoms with Crippen LogP contribution in [0.25, 0.3) is 0 Å². The summed E-state index contributed by atoms with van der Waals surface area (Å²) < 4.78 is 10.8. The van der Waals surface area contributed by atoms with Crippen LogP contribution in [-0.4, -0.2) is 52.5 Å². The lowest BCUT2D eigenvalue weighted by atomic mass is 10.0. The summed E-state index contributed by atoms with van der Waals surface area (Å²) in [5.74, 6) is 0.904. The first kappa shape index (κ1) is 20.3. The maximum Gasteiger partial charge on any atom is 0.119 e. The van der Waals surface area contributed by atoms with Crippen LogP contribution in [0.3, 0.4) is 0 Å². The number of hydrogen-bond acceptors (Lipinski definition) is 5. The average Bonchev–Trinajstić information content (AvgIpc) is 2.79. The Bertz CT molecular complexity index is 785. The zero-order valence-electron chi connectivity index (χ0n) is 17.1. The molecule has 0 amide bonds. The number of piperidine rings is 1. The summed E-state index contributed by atoms with van der Waals surface area (Å²) in [6.07, 6.45) is 2.26. The number of nitrogens with zero attached hydrogens (tertiary/aromatic N) is 2. The molecule has 156 valence electrons. The van der Waals surface area contributed by atoms with Crippen molar-refractivity contribution >= 4 is 23.0 Å². The fourth-order valence-electron chi connectivity index (χ4n) is 4.20. The SMILES string of the molecule is COc1ccc(N2CCC(NCc3c(Cl)cccc3N3CCOCC3)CC2)cc1. The van der Waals surface area contributed by atoms with Crippen LogP contribution in [0.2, 0.25) is 5.02 Å². The first-order valence-corrected chi connectivity index (χ1v) is 10.8. The fourth-order valence-corrected chi connectivity index (χ4v) is 4.44. The van der Waals surface area contributed by atoms with Crippen molar-refractivity contribution in [3.8, 4) is 5.75 Å². The van der Waals surface area contributed by atoms with Gasteiger partial charge in [0.1, 0.15) is 5.75 Å². The van der Waals surface area contributed by atoms with Crippen molar-refractivity contribution < 1.29 is 9.47 Å². The Balaban J connectivity index is 1.33. The van der Waals surface area contributed by atoms with E-state index in [2.05, 4.69) is 33.3 Å². The van der Waals surface area contributed by atoms with Gasteiger partial charge in [-0.3, -0.25) is 0 Å². The molecule has 0 spiro atoms. The van der Waals surface area contributed by atoms with E-state index in [0.717, 1.165) is 69.6 Å². The number of anilines is 2. The Morgan fingerprint density at radius 2 is 1.72 bits per heavy atom. The highest BCUT2D eigenvalue weighted by molar-refractivity contribution is 6.31. The van der Waals surface area contributed by atoms with E-state index in [9.17, 15) is 0 Å². The van der Waals surface area contributed by atoms with Gasteiger partial charge >= 0.3 is 0 Å². The van der Waals surface area contributed by atoms with Gasteiger partial charge in [-0.2, -0.15) is 0 Å². The number of halogens is 1. The zero-order chi connectivity index (χ0) is 20.1. The summed E-state index contributed by atoms with van der Waals surface area (Å²) in [5, 5.41) is 4.60. The van der Waals surface area contributed by atoms with Crippen molar-refractivity contribution in [2.75, 3.05) is 56.3 Å². The van der Waals surface area contributed by atoms with Crippen LogP contribution in [0, 0.1) is 0 Å². The molecule has 2 fully saturated rings. The van der Waals surface area contributed by atoms with Gasteiger partial charge in [0.05, 0.1) is 20.3 Å². The maximum absolute atomic E-state index is 6.58. The van der Waals surface area contributed by atoms with Crippen LogP contribution in [0.4, 0.5) is 11.4 Å². The molecule has 0 saturated carbocycles.